The summed E-state index contributed by atoms with van der Waals surface area (Å²) in [5.41, 5.74) is 2.62. The second-order valence-electron chi connectivity index (χ2n) is 7.42. The van der Waals surface area contributed by atoms with Gasteiger partial charge in [0.25, 0.3) is 0 Å². The van der Waals surface area contributed by atoms with Crippen molar-refractivity contribution >= 4 is 28.8 Å². The minimum absolute atomic E-state index is 0.140. The van der Waals surface area contributed by atoms with Crippen LogP contribution in [0.4, 0.5) is 0 Å². The molecule has 1 N–H and O–H groups in total. The highest BCUT2D eigenvalue weighted by molar-refractivity contribution is 6.10. The Hall–Kier alpha value is -3.47. The van der Waals surface area contributed by atoms with Gasteiger partial charge in [0, 0.05) is 22.7 Å². The number of carbonyl (C=O) groups is 1. The quantitative estimate of drug-likeness (QED) is 0.477. The van der Waals surface area contributed by atoms with E-state index in [2.05, 4.69) is 4.98 Å². The number of allylic oxidation sites excluding steroid dienone is 1. The van der Waals surface area contributed by atoms with E-state index in [0.717, 1.165) is 27.8 Å². The van der Waals surface area contributed by atoms with Crippen LogP contribution in [0.5, 0.6) is 17.2 Å². The van der Waals surface area contributed by atoms with Crippen LogP contribution in [0.25, 0.3) is 23.1 Å². The van der Waals surface area contributed by atoms with Gasteiger partial charge in [0.05, 0.1) is 25.3 Å². The summed E-state index contributed by atoms with van der Waals surface area (Å²) in [7, 11) is 3.24. The maximum absolute atomic E-state index is 13.0. The zero-order chi connectivity index (χ0) is 20.6. The third-order valence-corrected chi connectivity index (χ3v) is 4.99. The summed E-state index contributed by atoms with van der Waals surface area (Å²) in [6, 6.07) is 9.33. The molecule has 0 saturated heterocycles. The Kier molecular flexibility index (Phi) is 4.66. The highest BCUT2D eigenvalue weighted by Crippen LogP contribution is 2.40. The monoisotopic (exact) mass is 389 g/mol. The molecule has 29 heavy (non-hydrogen) atoms. The second kappa shape index (κ2) is 7.17. The molecule has 0 atom stereocenters. The summed E-state index contributed by atoms with van der Waals surface area (Å²) in [5.74, 6) is 1.84. The van der Waals surface area contributed by atoms with Crippen molar-refractivity contribution in [2.24, 2.45) is 0 Å². The van der Waals surface area contributed by atoms with E-state index in [4.69, 9.17) is 14.2 Å². The van der Waals surface area contributed by atoms with Crippen molar-refractivity contribution in [3.05, 3.63) is 65.4 Å². The molecule has 148 valence electrons. The molecule has 1 aliphatic rings. The fraction of sp³-hybridized carbons (Fsp3) is 0.208. The van der Waals surface area contributed by atoms with Gasteiger partial charge in [-0.2, -0.15) is 0 Å². The van der Waals surface area contributed by atoms with E-state index in [-0.39, 0.29) is 5.78 Å². The van der Waals surface area contributed by atoms with Gasteiger partial charge in [-0.25, -0.2) is 0 Å². The first-order valence-corrected chi connectivity index (χ1v) is 9.39. The van der Waals surface area contributed by atoms with E-state index in [0.29, 0.717) is 17.1 Å². The molecule has 1 aliphatic heterocycles. The van der Waals surface area contributed by atoms with Crippen LogP contribution in [0, 0.1) is 0 Å². The van der Waals surface area contributed by atoms with E-state index in [1.807, 2.05) is 50.4 Å². The first-order chi connectivity index (χ1) is 13.9. The number of H-pyrrole nitrogens is 1. The SMILES string of the molecule is COc1ccc(C(=O)/C=C/c2c[nH]c3cccc(OC)c23)c2c1C=CC(C)(C)O2. The van der Waals surface area contributed by atoms with Gasteiger partial charge < -0.3 is 19.2 Å². The topological polar surface area (TPSA) is 60.6 Å². The number of ketones is 1. The number of aromatic nitrogens is 1. The Balaban J connectivity index is 1.73. The summed E-state index contributed by atoms with van der Waals surface area (Å²) < 4.78 is 17.0. The van der Waals surface area contributed by atoms with Gasteiger partial charge in [-0.3, -0.25) is 4.79 Å². The van der Waals surface area contributed by atoms with Gasteiger partial charge in [-0.1, -0.05) is 6.07 Å². The van der Waals surface area contributed by atoms with E-state index in [1.54, 1.807) is 38.5 Å². The summed E-state index contributed by atoms with van der Waals surface area (Å²) in [6.07, 6.45) is 9.13. The summed E-state index contributed by atoms with van der Waals surface area (Å²) in [6.45, 7) is 3.91. The van der Waals surface area contributed by atoms with E-state index in [9.17, 15) is 4.79 Å². The highest BCUT2D eigenvalue weighted by atomic mass is 16.5. The lowest BCUT2D eigenvalue weighted by Gasteiger charge is -2.29. The van der Waals surface area contributed by atoms with Crippen molar-refractivity contribution in [1.82, 2.24) is 4.98 Å². The van der Waals surface area contributed by atoms with Crippen LogP contribution in [0.1, 0.15) is 35.3 Å². The van der Waals surface area contributed by atoms with Crippen molar-refractivity contribution in [3.8, 4) is 17.2 Å². The summed E-state index contributed by atoms with van der Waals surface area (Å²) in [4.78, 5) is 16.2. The summed E-state index contributed by atoms with van der Waals surface area (Å²) in [5, 5.41) is 0.941. The van der Waals surface area contributed by atoms with E-state index >= 15 is 0 Å². The van der Waals surface area contributed by atoms with Crippen LogP contribution in [0.15, 0.2) is 48.7 Å². The van der Waals surface area contributed by atoms with Gasteiger partial charge in [0.15, 0.2) is 5.78 Å². The number of carbonyl (C=O) groups excluding carboxylic acids is 1. The lowest BCUT2D eigenvalue weighted by atomic mass is 9.97. The molecule has 5 heteroatoms. The molecular formula is C24H23NO4. The van der Waals surface area contributed by atoms with Crippen LogP contribution in [0.2, 0.25) is 0 Å². The zero-order valence-corrected chi connectivity index (χ0v) is 16.9. The molecule has 2 aromatic carbocycles. The van der Waals surface area contributed by atoms with Crippen LogP contribution >= 0.6 is 0 Å². The number of methoxy groups -OCH3 is 2. The lowest BCUT2D eigenvalue weighted by molar-refractivity contribution is 0.103. The Labute approximate surface area is 169 Å². The minimum Gasteiger partial charge on any atom is -0.496 e. The first-order valence-electron chi connectivity index (χ1n) is 9.39. The molecular weight excluding hydrogens is 366 g/mol. The third-order valence-electron chi connectivity index (χ3n) is 4.99. The third kappa shape index (κ3) is 3.40. The van der Waals surface area contributed by atoms with E-state index in [1.165, 1.54) is 0 Å². The van der Waals surface area contributed by atoms with Crippen LogP contribution < -0.4 is 14.2 Å². The van der Waals surface area contributed by atoms with E-state index < -0.39 is 5.60 Å². The maximum atomic E-state index is 13.0. The van der Waals surface area contributed by atoms with Crippen molar-refractivity contribution in [1.29, 1.82) is 0 Å². The smallest absolute Gasteiger partial charge is 0.189 e. The molecule has 0 bridgehead atoms. The molecule has 1 aromatic heterocycles. The van der Waals surface area contributed by atoms with Crippen molar-refractivity contribution < 1.29 is 19.0 Å². The Morgan fingerprint density at radius 3 is 2.66 bits per heavy atom. The average molecular weight is 389 g/mol. The maximum Gasteiger partial charge on any atom is 0.189 e. The van der Waals surface area contributed by atoms with Crippen molar-refractivity contribution in [2.75, 3.05) is 14.2 Å². The molecule has 0 amide bonds. The normalized spacial score (nSPS) is 14.6. The number of rotatable bonds is 5. The number of hydrogen-bond donors (Lipinski definition) is 1. The number of hydrogen-bond acceptors (Lipinski definition) is 4. The summed E-state index contributed by atoms with van der Waals surface area (Å²) >= 11 is 0. The van der Waals surface area contributed by atoms with Gasteiger partial charge in [-0.05, 0) is 62.4 Å². The van der Waals surface area contributed by atoms with Crippen LogP contribution in [-0.4, -0.2) is 30.6 Å². The molecule has 0 saturated carbocycles. The van der Waals surface area contributed by atoms with Crippen molar-refractivity contribution in [3.63, 3.8) is 0 Å². The highest BCUT2D eigenvalue weighted by Gasteiger charge is 2.27. The van der Waals surface area contributed by atoms with Crippen molar-refractivity contribution in [2.45, 2.75) is 19.4 Å². The molecule has 0 aliphatic carbocycles. The first kappa shape index (κ1) is 18.9. The Morgan fingerprint density at radius 1 is 1.10 bits per heavy atom. The molecule has 0 spiro atoms. The number of benzene rings is 2. The standard InChI is InChI=1S/C24H23NO4/c1-24(2)13-12-17-20(27-3)11-9-16(23(17)29-24)19(26)10-8-15-14-25-18-6-5-7-21(28-4)22(15)18/h5-14,25H,1-4H3/b10-8+. The molecule has 4 rings (SSSR count). The predicted molar refractivity (Wildman–Crippen MR) is 115 cm³/mol. The molecule has 0 unspecified atom stereocenters. The molecule has 2 heterocycles. The number of aromatic amines is 1. The Bertz CT molecular complexity index is 1150. The minimum atomic E-state index is -0.498. The zero-order valence-electron chi connectivity index (χ0n) is 16.9. The predicted octanol–water partition coefficient (Wildman–Crippen LogP) is 5.27. The molecule has 0 radical (unpaired) electrons. The van der Waals surface area contributed by atoms with Gasteiger partial charge in [-0.15, -0.1) is 0 Å². The van der Waals surface area contributed by atoms with Gasteiger partial charge in [0.1, 0.15) is 22.8 Å². The van der Waals surface area contributed by atoms with Crippen LogP contribution in [-0.2, 0) is 0 Å². The second-order valence-corrected chi connectivity index (χ2v) is 7.42. The molecule has 3 aromatic rings. The lowest BCUT2D eigenvalue weighted by Crippen LogP contribution is -2.28. The fourth-order valence-corrected chi connectivity index (χ4v) is 3.54. The van der Waals surface area contributed by atoms with Crippen LogP contribution in [0.3, 0.4) is 0 Å². The average Bonchev–Trinajstić information content (AvgIpc) is 3.13. The largest absolute Gasteiger partial charge is 0.496 e. The Morgan fingerprint density at radius 2 is 1.90 bits per heavy atom. The number of fused-ring (bicyclic) bond motifs is 2. The molecule has 5 nitrogen and oxygen atoms in total. The number of ether oxygens (including phenoxy) is 3. The molecule has 0 fully saturated rings. The van der Waals surface area contributed by atoms with Gasteiger partial charge >= 0.3 is 0 Å². The number of nitrogens with one attached hydrogen (secondary N) is 1. The fourth-order valence-electron chi connectivity index (χ4n) is 3.54. The van der Waals surface area contributed by atoms with Gasteiger partial charge in [0.2, 0.25) is 0 Å².